The SMILES string of the molecule is Cc1ccccc1N(C(=O)c1ccccc1)C(=O)C(N)Cc1ccccc1. The van der Waals surface area contributed by atoms with Crippen molar-refractivity contribution in [2.75, 3.05) is 4.90 Å². The standard InChI is InChI=1S/C23H22N2O2/c1-17-10-8-9-15-21(17)25(22(26)19-13-6-3-7-14-19)23(27)20(24)16-18-11-4-2-5-12-18/h2-15,20H,16,24H2,1H3. The van der Waals surface area contributed by atoms with Crippen LogP contribution in [0.25, 0.3) is 0 Å². The number of nitrogens with zero attached hydrogens (tertiary/aromatic N) is 1. The van der Waals surface area contributed by atoms with E-state index in [1.807, 2.05) is 61.5 Å². The van der Waals surface area contributed by atoms with E-state index in [-0.39, 0.29) is 5.91 Å². The second-order valence-electron chi connectivity index (χ2n) is 6.43. The smallest absolute Gasteiger partial charge is 0.265 e. The van der Waals surface area contributed by atoms with Crippen molar-refractivity contribution in [1.29, 1.82) is 0 Å². The summed E-state index contributed by atoms with van der Waals surface area (Å²) in [4.78, 5) is 27.5. The molecule has 27 heavy (non-hydrogen) atoms. The highest BCUT2D eigenvalue weighted by atomic mass is 16.2. The van der Waals surface area contributed by atoms with Gasteiger partial charge in [-0.2, -0.15) is 0 Å². The lowest BCUT2D eigenvalue weighted by atomic mass is 10.0. The number of imide groups is 1. The van der Waals surface area contributed by atoms with Gasteiger partial charge in [-0.05, 0) is 42.7 Å². The Bertz CT molecular complexity index is 923. The molecule has 0 aliphatic heterocycles. The molecule has 4 nitrogen and oxygen atoms in total. The molecule has 2 amide bonds. The lowest BCUT2D eigenvalue weighted by Crippen LogP contribution is -2.48. The number of carbonyl (C=O) groups is 2. The molecule has 3 rings (SSSR count). The maximum atomic E-state index is 13.2. The van der Waals surface area contributed by atoms with E-state index in [9.17, 15) is 9.59 Å². The lowest BCUT2D eigenvalue weighted by Gasteiger charge is -2.25. The van der Waals surface area contributed by atoms with Crippen molar-refractivity contribution < 1.29 is 9.59 Å². The highest BCUT2D eigenvalue weighted by Gasteiger charge is 2.29. The zero-order valence-corrected chi connectivity index (χ0v) is 15.2. The summed E-state index contributed by atoms with van der Waals surface area (Å²) in [5.41, 5.74) is 9.00. The fourth-order valence-electron chi connectivity index (χ4n) is 2.97. The molecule has 3 aromatic rings. The Hall–Kier alpha value is -3.24. The van der Waals surface area contributed by atoms with Crippen LogP contribution < -0.4 is 10.6 Å². The molecule has 0 radical (unpaired) electrons. The minimum absolute atomic E-state index is 0.365. The number of hydrogen-bond donors (Lipinski definition) is 1. The first kappa shape index (κ1) is 18.5. The summed E-state index contributed by atoms with van der Waals surface area (Å²) in [5.74, 6) is -0.791. The van der Waals surface area contributed by atoms with Crippen LogP contribution in [0, 0.1) is 6.92 Å². The van der Waals surface area contributed by atoms with Crippen LogP contribution in [0.4, 0.5) is 5.69 Å². The number of nitrogens with two attached hydrogens (primary N) is 1. The van der Waals surface area contributed by atoms with Crippen LogP contribution in [0.15, 0.2) is 84.9 Å². The number of anilines is 1. The summed E-state index contributed by atoms with van der Waals surface area (Å²) in [5, 5.41) is 0. The van der Waals surface area contributed by atoms with Gasteiger partial charge in [-0.15, -0.1) is 0 Å². The van der Waals surface area contributed by atoms with Gasteiger partial charge >= 0.3 is 0 Å². The molecule has 0 aliphatic carbocycles. The quantitative estimate of drug-likeness (QED) is 0.756. The van der Waals surface area contributed by atoms with Gasteiger partial charge in [-0.3, -0.25) is 9.59 Å². The second kappa shape index (κ2) is 8.43. The Labute approximate surface area is 159 Å². The van der Waals surface area contributed by atoms with Crippen LogP contribution in [-0.4, -0.2) is 17.9 Å². The molecule has 0 saturated heterocycles. The molecular formula is C23H22N2O2. The first-order valence-electron chi connectivity index (χ1n) is 8.86. The second-order valence-corrected chi connectivity index (χ2v) is 6.43. The van der Waals surface area contributed by atoms with Crippen molar-refractivity contribution in [1.82, 2.24) is 0 Å². The lowest BCUT2D eigenvalue weighted by molar-refractivity contribution is -0.119. The Kier molecular flexibility index (Phi) is 5.79. The topological polar surface area (TPSA) is 63.4 Å². The molecule has 2 N–H and O–H groups in total. The van der Waals surface area contributed by atoms with Crippen LogP contribution in [0.5, 0.6) is 0 Å². The van der Waals surface area contributed by atoms with Crippen LogP contribution in [0.1, 0.15) is 21.5 Å². The largest absolute Gasteiger partial charge is 0.320 e. The third kappa shape index (κ3) is 4.30. The van der Waals surface area contributed by atoms with E-state index in [0.717, 1.165) is 11.1 Å². The highest BCUT2D eigenvalue weighted by Crippen LogP contribution is 2.23. The molecule has 0 heterocycles. The van der Waals surface area contributed by atoms with E-state index in [1.54, 1.807) is 30.3 Å². The highest BCUT2D eigenvalue weighted by molar-refractivity contribution is 6.22. The van der Waals surface area contributed by atoms with Gasteiger partial charge in [0, 0.05) is 5.56 Å². The molecular weight excluding hydrogens is 336 g/mol. The predicted octanol–water partition coefficient (Wildman–Crippen LogP) is 3.74. The summed E-state index contributed by atoms with van der Waals surface area (Å²) in [6, 6.07) is 24.8. The van der Waals surface area contributed by atoms with Crippen LogP contribution in [-0.2, 0) is 11.2 Å². The third-order valence-corrected chi connectivity index (χ3v) is 4.42. The zero-order chi connectivity index (χ0) is 19.2. The van der Waals surface area contributed by atoms with Gasteiger partial charge in [-0.1, -0.05) is 66.7 Å². The molecule has 0 bridgehead atoms. The van der Waals surface area contributed by atoms with Gasteiger partial charge in [0.2, 0.25) is 0 Å². The molecule has 0 saturated carbocycles. The Morgan fingerprint density at radius 2 is 1.41 bits per heavy atom. The van der Waals surface area contributed by atoms with Crippen molar-refractivity contribution in [3.05, 3.63) is 102 Å². The average molecular weight is 358 g/mol. The third-order valence-electron chi connectivity index (χ3n) is 4.42. The van der Waals surface area contributed by atoms with Crippen LogP contribution in [0.3, 0.4) is 0 Å². The summed E-state index contributed by atoms with van der Waals surface area (Å²) < 4.78 is 0. The fourth-order valence-corrected chi connectivity index (χ4v) is 2.97. The van der Waals surface area contributed by atoms with Crippen molar-refractivity contribution in [2.45, 2.75) is 19.4 Å². The van der Waals surface area contributed by atoms with E-state index in [0.29, 0.717) is 17.7 Å². The minimum Gasteiger partial charge on any atom is -0.320 e. The van der Waals surface area contributed by atoms with Crippen molar-refractivity contribution in [3.63, 3.8) is 0 Å². The molecule has 0 aliphatic rings. The summed E-state index contributed by atoms with van der Waals surface area (Å²) >= 11 is 0. The fraction of sp³-hybridized carbons (Fsp3) is 0.130. The van der Waals surface area contributed by atoms with Crippen molar-refractivity contribution in [2.24, 2.45) is 5.73 Å². The van der Waals surface area contributed by atoms with Crippen molar-refractivity contribution >= 4 is 17.5 Å². The van der Waals surface area contributed by atoms with Crippen molar-refractivity contribution in [3.8, 4) is 0 Å². The average Bonchev–Trinajstić information content (AvgIpc) is 2.70. The molecule has 0 aromatic heterocycles. The van der Waals surface area contributed by atoms with E-state index in [2.05, 4.69) is 0 Å². The van der Waals surface area contributed by atoms with Gasteiger partial charge in [-0.25, -0.2) is 4.90 Å². The maximum absolute atomic E-state index is 13.2. The van der Waals surface area contributed by atoms with Crippen LogP contribution in [0.2, 0.25) is 0 Å². The van der Waals surface area contributed by atoms with Gasteiger partial charge in [0.25, 0.3) is 11.8 Å². The molecule has 1 atom stereocenters. The van der Waals surface area contributed by atoms with Gasteiger partial charge in [0.05, 0.1) is 11.7 Å². The predicted molar refractivity (Wildman–Crippen MR) is 108 cm³/mol. The first-order chi connectivity index (χ1) is 13.1. The molecule has 3 aromatic carbocycles. The van der Waals surface area contributed by atoms with Gasteiger partial charge in [0.15, 0.2) is 0 Å². The number of benzene rings is 3. The molecule has 1 unspecified atom stereocenters. The number of para-hydroxylation sites is 1. The Morgan fingerprint density at radius 1 is 0.852 bits per heavy atom. The normalized spacial score (nSPS) is 11.6. The number of hydrogen-bond acceptors (Lipinski definition) is 3. The van der Waals surface area contributed by atoms with Crippen LogP contribution >= 0.6 is 0 Å². The van der Waals surface area contributed by atoms with E-state index >= 15 is 0 Å². The zero-order valence-electron chi connectivity index (χ0n) is 15.2. The van der Waals surface area contributed by atoms with E-state index in [4.69, 9.17) is 5.73 Å². The number of aryl methyl sites for hydroxylation is 1. The summed E-state index contributed by atoms with van der Waals surface area (Å²) in [6.45, 7) is 1.87. The Balaban J connectivity index is 1.95. The number of rotatable bonds is 5. The number of carbonyl (C=O) groups excluding carboxylic acids is 2. The van der Waals surface area contributed by atoms with Gasteiger partial charge in [0.1, 0.15) is 0 Å². The summed E-state index contributed by atoms with van der Waals surface area (Å²) in [6.07, 6.45) is 0.365. The van der Waals surface area contributed by atoms with E-state index in [1.165, 1.54) is 4.90 Å². The molecule has 0 spiro atoms. The summed E-state index contributed by atoms with van der Waals surface area (Å²) in [7, 11) is 0. The van der Waals surface area contributed by atoms with E-state index < -0.39 is 11.9 Å². The van der Waals surface area contributed by atoms with Gasteiger partial charge < -0.3 is 5.73 Å². The monoisotopic (exact) mass is 358 g/mol. The Morgan fingerprint density at radius 3 is 2.04 bits per heavy atom. The minimum atomic E-state index is -0.820. The maximum Gasteiger partial charge on any atom is 0.265 e. The molecule has 0 fully saturated rings. The number of amides is 2. The molecule has 136 valence electrons. The first-order valence-corrected chi connectivity index (χ1v) is 8.86. The molecule has 4 heteroatoms.